The second kappa shape index (κ2) is 11.1. The van der Waals surface area contributed by atoms with Crippen molar-refractivity contribution in [1.82, 2.24) is 0 Å². The van der Waals surface area contributed by atoms with Crippen molar-refractivity contribution in [1.29, 1.82) is 0 Å². The van der Waals surface area contributed by atoms with E-state index in [1.54, 1.807) is 19.2 Å². The highest BCUT2D eigenvalue weighted by Gasteiger charge is 2.05. The first-order valence-corrected chi connectivity index (χ1v) is 9.51. The number of benzene rings is 3. The quantitative estimate of drug-likeness (QED) is 0.424. The lowest BCUT2D eigenvalue weighted by molar-refractivity contribution is 0.112. The third-order valence-electron chi connectivity index (χ3n) is 4.10. The summed E-state index contributed by atoms with van der Waals surface area (Å²) in [5.41, 5.74) is 4.39. The number of ether oxygens (including phenoxy) is 1. The van der Waals surface area contributed by atoms with Crippen molar-refractivity contribution in [2.24, 2.45) is 5.14 Å². The van der Waals surface area contributed by atoms with Gasteiger partial charge in [-0.05, 0) is 46.8 Å². The summed E-state index contributed by atoms with van der Waals surface area (Å²) in [6.45, 7) is -0.0636. The Labute approximate surface area is 169 Å². The van der Waals surface area contributed by atoms with Crippen LogP contribution < -0.4 is 15.2 Å². The van der Waals surface area contributed by atoms with Crippen LogP contribution in [0.25, 0.3) is 11.1 Å². The molecule has 0 aliphatic rings. The molecule has 0 fully saturated rings. The van der Waals surface area contributed by atoms with Crippen molar-refractivity contribution in [3.63, 3.8) is 0 Å². The molecule has 0 saturated heterocycles. The molecule has 0 spiro atoms. The zero-order chi connectivity index (χ0) is 20.4. The molecular weight excluding hydrogens is 372 g/mol. The van der Waals surface area contributed by atoms with Crippen molar-refractivity contribution < 1.29 is 14.6 Å². The van der Waals surface area contributed by atoms with Gasteiger partial charge in [0.15, 0.2) is 0 Å². The highest BCUT2D eigenvalue weighted by Crippen LogP contribution is 2.28. The molecular formula is C22H24N2O3S. The highest BCUT2D eigenvalue weighted by atomic mass is 32.2. The minimum Gasteiger partial charge on any atom is -0.495 e. The molecule has 0 saturated carbocycles. The Bertz CT molecular complexity index is 902. The molecule has 0 aromatic heterocycles. The number of nitrogens with two attached hydrogens (primary N) is 1. The molecule has 3 rings (SSSR count). The second-order valence-electron chi connectivity index (χ2n) is 5.79. The number of aldehydes is 1. The molecule has 146 valence electrons. The molecule has 0 heterocycles. The predicted octanol–water partition coefficient (Wildman–Crippen LogP) is 4.36. The van der Waals surface area contributed by atoms with Crippen molar-refractivity contribution in [3.05, 3.63) is 77.9 Å². The molecule has 0 aliphatic heterocycles. The number of nitrogens with one attached hydrogen (secondary N) is 1. The Morgan fingerprint density at radius 2 is 1.86 bits per heavy atom. The molecule has 0 unspecified atom stereocenters. The van der Waals surface area contributed by atoms with Crippen LogP contribution >= 0.6 is 11.9 Å². The summed E-state index contributed by atoms with van der Waals surface area (Å²) in [5, 5.41) is 17.7. The lowest BCUT2D eigenvalue weighted by Crippen LogP contribution is -1.92. The summed E-state index contributed by atoms with van der Waals surface area (Å²) in [6.07, 6.45) is 0.786. The number of hydrogen-bond acceptors (Lipinski definition) is 6. The third kappa shape index (κ3) is 5.60. The van der Waals surface area contributed by atoms with Gasteiger partial charge in [0.2, 0.25) is 0 Å². The fourth-order valence-corrected chi connectivity index (χ4v) is 3.04. The van der Waals surface area contributed by atoms with Crippen LogP contribution in [-0.4, -0.2) is 25.6 Å². The lowest BCUT2D eigenvalue weighted by Gasteiger charge is -2.08. The van der Waals surface area contributed by atoms with E-state index in [1.807, 2.05) is 61.6 Å². The largest absolute Gasteiger partial charge is 0.495 e. The van der Waals surface area contributed by atoms with Crippen LogP contribution in [0.5, 0.6) is 5.75 Å². The summed E-state index contributed by atoms with van der Waals surface area (Å²) < 4.78 is 5.14. The number of carbonyl (C=O) groups is 1. The molecule has 4 N–H and O–H groups in total. The Kier molecular flexibility index (Phi) is 8.55. The van der Waals surface area contributed by atoms with E-state index in [0.29, 0.717) is 5.56 Å². The van der Waals surface area contributed by atoms with Gasteiger partial charge in [0.25, 0.3) is 0 Å². The monoisotopic (exact) mass is 396 g/mol. The van der Waals surface area contributed by atoms with E-state index in [-0.39, 0.29) is 6.61 Å². The molecule has 0 amide bonds. The van der Waals surface area contributed by atoms with Crippen molar-refractivity contribution in [2.45, 2.75) is 11.5 Å². The molecule has 5 nitrogen and oxygen atoms in total. The Morgan fingerprint density at radius 3 is 2.43 bits per heavy atom. The standard InChI is InChI=1S/C14H12O2.C8H12N2OS/c15-9-11-6-7-14(13(8-11)10-16)12-4-2-1-3-5-12;1-10-6-3-4-8(12-9)7(5-6)11-2/h1-9,16H,10H2;3-5,10H,9H2,1-2H3. The molecule has 0 radical (unpaired) electrons. The van der Waals surface area contributed by atoms with Crippen LogP contribution in [0.15, 0.2) is 71.6 Å². The van der Waals surface area contributed by atoms with E-state index in [9.17, 15) is 9.90 Å². The van der Waals surface area contributed by atoms with Crippen molar-refractivity contribution in [3.8, 4) is 16.9 Å². The summed E-state index contributed by atoms with van der Waals surface area (Å²) >= 11 is 1.19. The zero-order valence-corrected chi connectivity index (χ0v) is 16.7. The fraction of sp³-hybridized carbons (Fsp3) is 0.136. The molecule has 0 atom stereocenters. The topological polar surface area (TPSA) is 84.6 Å². The van der Waals surface area contributed by atoms with Gasteiger partial charge in [0, 0.05) is 24.4 Å². The Morgan fingerprint density at radius 1 is 1.11 bits per heavy atom. The normalized spacial score (nSPS) is 9.86. The maximum atomic E-state index is 10.6. The Hall–Kier alpha value is -2.80. The second-order valence-corrected chi connectivity index (χ2v) is 6.47. The average molecular weight is 397 g/mol. The van der Waals surface area contributed by atoms with Gasteiger partial charge in [-0.25, -0.2) is 0 Å². The van der Waals surface area contributed by atoms with E-state index in [2.05, 4.69) is 5.32 Å². The van der Waals surface area contributed by atoms with Gasteiger partial charge in [0.1, 0.15) is 12.0 Å². The van der Waals surface area contributed by atoms with Gasteiger partial charge in [0.05, 0.1) is 18.6 Å². The first-order chi connectivity index (χ1) is 13.7. The molecule has 3 aromatic rings. The van der Waals surface area contributed by atoms with E-state index in [0.717, 1.165) is 39.3 Å². The van der Waals surface area contributed by atoms with Gasteiger partial charge >= 0.3 is 0 Å². The number of hydrogen-bond donors (Lipinski definition) is 3. The summed E-state index contributed by atoms with van der Waals surface area (Å²) in [5.74, 6) is 0.800. The van der Waals surface area contributed by atoms with E-state index in [4.69, 9.17) is 9.88 Å². The van der Waals surface area contributed by atoms with Gasteiger partial charge in [-0.1, -0.05) is 42.5 Å². The van der Waals surface area contributed by atoms with Crippen LogP contribution in [0.3, 0.4) is 0 Å². The fourth-order valence-electron chi connectivity index (χ4n) is 2.64. The van der Waals surface area contributed by atoms with Crippen molar-refractivity contribution in [2.75, 3.05) is 19.5 Å². The summed E-state index contributed by atoms with van der Waals surface area (Å²) in [4.78, 5) is 11.6. The summed E-state index contributed by atoms with van der Waals surface area (Å²) in [6, 6.07) is 20.9. The van der Waals surface area contributed by atoms with Crippen molar-refractivity contribution >= 4 is 23.9 Å². The van der Waals surface area contributed by atoms with Crippen LogP contribution in [0.2, 0.25) is 0 Å². The average Bonchev–Trinajstić information content (AvgIpc) is 2.79. The molecule has 0 aliphatic carbocycles. The van der Waals surface area contributed by atoms with E-state index >= 15 is 0 Å². The number of aliphatic hydroxyl groups is 1. The van der Waals surface area contributed by atoms with Crippen LogP contribution in [0.1, 0.15) is 15.9 Å². The number of rotatable bonds is 6. The molecule has 0 bridgehead atoms. The lowest BCUT2D eigenvalue weighted by atomic mass is 9.98. The number of methoxy groups -OCH3 is 1. The van der Waals surface area contributed by atoms with Crippen LogP contribution in [0, 0.1) is 0 Å². The maximum absolute atomic E-state index is 10.6. The third-order valence-corrected chi connectivity index (χ3v) is 4.69. The SMILES string of the molecule is CNc1ccc(SN)c(OC)c1.O=Cc1ccc(-c2ccccc2)c(CO)c1. The Balaban J connectivity index is 0.000000209. The smallest absolute Gasteiger partial charge is 0.150 e. The minimum absolute atomic E-state index is 0.0636. The van der Waals surface area contributed by atoms with Gasteiger partial charge < -0.3 is 15.2 Å². The van der Waals surface area contributed by atoms with Gasteiger partial charge in [-0.15, -0.1) is 0 Å². The van der Waals surface area contributed by atoms with Crippen LogP contribution in [0.4, 0.5) is 5.69 Å². The number of anilines is 1. The zero-order valence-electron chi connectivity index (χ0n) is 15.9. The predicted molar refractivity (Wildman–Crippen MR) is 116 cm³/mol. The number of aliphatic hydroxyl groups excluding tert-OH is 1. The summed E-state index contributed by atoms with van der Waals surface area (Å²) in [7, 11) is 3.50. The van der Waals surface area contributed by atoms with E-state index < -0.39 is 0 Å². The maximum Gasteiger partial charge on any atom is 0.150 e. The first kappa shape index (κ1) is 21.5. The molecule has 3 aromatic carbocycles. The van der Waals surface area contributed by atoms with Gasteiger partial charge in [-0.2, -0.15) is 0 Å². The van der Waals surface area contributed by atoms with E-state index in [1.165, 1.54) is 11.9 Å². The number of carbonyl (C=O) groups excluding carboxylic acids is 1. The molecule has 28 heavy (non-hydrogen) atoms. The first-order valence-electron chi connectivity index (χ1n) is 8.63. The van der Waals surface area contributed by atoms with Gasteiger partial charge in [-0.3, -0.25) is 9.93 Å². The minimum atomic E-state index is -0.0636. The van der Waals surface area contributed by atoms with Crippen LogP contribution in [-0.2, 0) is 6.61 Å². The molecule has 6 heteroatoms. The highest BCUT2D eigenvalue weighted by molar-refractivity contribution is 7.97.